The third-order valence-electron chi connectivity index (χ3n) is 3.19. The monoisotopic (exact) mass is 277 g/mol. The minimum Gasteiger partial charge on any atom is -0.444 e. The van der Waals surface area contributed by atoms with Gasteiger partial charge in [0.05, 0.1) is 6.04 Å². The number of carbonyl (C=O) groups is 1. The number of nitrogens with zero attached hydrogens (tertiary/aromatic N) is 2. The fraction of sp³-hybridized carbons (Fsp3) is 0.600. The molecule has 5 heteroatoms. The second-order valence-electron chi connectivity index (χ2n) is 6.22. The van der Waals surface area contributed by atoms with E-state index in [1.54, 1.807) is 6.20 Å². The molecular formula is C15H23N3O2. The molecule has 2 rings (SSSR count). The zero-order valence-corrected chi connectivity index (χ0v) is 12.6. The molecule has 0 saturated carbocycles. The molecule has 1 aromatic rings. The van der Waals surface area contributed by atoms with Crippen molar-refractivity contribution in [3.05, 3.63) is 23.9 Å². The highest BCUT2D eigenvalue weighted by Gasteiger charge is 2.27. The van der Waals surface area contributed by atoms with E-state index >= 15 is 0 Å². The molecule has 1 fully saturated rings. The van der Waals surface area contributed by atoms with E-state index in [2.05, 4.69) is 28.2 Å². The quantitative estimate of drug-likeness (QED) is 0.902. The number of carbonyl (C=O) groups excluding carboxylic acids is 1. The Hall–Kier alpha value is -1.78. The van der Waals surface area contributed by atoms with Gasteiger partial charge in [-0.15, -0.1) is 0 Å². The van der Waals surface area contributed by atoms with Gasteiger partial charge >= 0.3 is 6.09 Å². The number of aryl methyl sites for hydroxylation is 1. The zero-order valence-electron chi connectivity index (χ0n) is 12.6. The number of anilines is 1. The number of alkyl carbamates (subject to hydrolysis) is 1. The Bertz CT molecular complexity index is 482. The number of amides is 1. The van der Waals surface area contributed by atoms with E-state index < -0.39 is 5.60 Å². The molecule has 0 aliphatic carbocycles. The summed E-state index contributed by atoms with van der Waals surface area (Å²) in [4.78, 5) is 18.4. The van der Waals surface area contributed by atoms with Gasteiger partial charge in [0.2, 0.25) is 0 Å². The fourth-order valence-corrected chi connectivity index (χ4v) is 2.35. The number of hydrogen-bond donors (Lipinski definition) is 1. The Kier molecular flexibility index (Phi) is 4.16. The van der Waals surface area contributed by atoms with Gasteiger partial charge in [-0.1, -0.05) is 6.07 Å². The summed E-state index contributed by atoms with van der Waals surface area (Å²) in [7, 11) is 0. The van der Waals surface area contributed by atoms with E-state index in [1.165, 1.54) is 0 Å². The fourth-order valence-electron chi connectivity index (χ4n) is 2.35. The van der Waals surface area contributed by atoms with Crippen LogP contribution in [0, 0.1) is 6.92 Å². The van der Waals surface area contributed by atoms with E-state index in [1.807, 2.05) is 26.8 Å². The van der Waals surface area contributed by atoms with Gasteiger partial charge in [0.1, 0.15) is 11.4 Å². The van der Waals surface area contributed by atoms with Crippen molar-refractivity contribution in [3.63, 3.8) is 0 Å². The molecule has 1 atom stereocenters. The van der Waals surface area contributed by atoms with Crippen molar-refractivity contribution in [1.29, 1.82) is 0 Å². The Morgan fingerprint density at radius 1 is 1.50 bits per heavy atom. The van der Waals surface area contributed by atoms with Crippen LogP contribution in [0.25, 0.3) is 0 Å². The maximum Gasteiger partial charge on any atom is 0.407 e. The predicted molar refractivity (Wildman–Crippen MR) is 79.0 cm³/mol. The van der Waals surface area contributed by atoms with Crippen LogP contribution in [0.3, 0.4) is 0 Å². The maximum atomic E-state index is 11.8. The van der Waals surface area contributed by atoms with Crippen LogP contribution >= 0.6 is 0 Å². The lowest BCUT2D eigenvalue weighted by Gasteiger charge is -2.22. The van der Waals surface area contributed by atoms with Crippen molar-refractivity contribution in [2.75, 3.05) is 18.0 Å². The topological polar surface area (TPSA) is 54.5 Å². The molecular weight excluding hydrogens is 254 g/mol. The number of pyridine rings is 1. The summed E-state index contributed by atoms with van der Waals surface area (Å²) in [6.45, 7) is 9.33. The summed E-state index contributed by atoms with van der Waals surface area (Å²) in [6, 6.07) is 4.11. The molecule has 1 aromatic heterocycles. The normalized spacial score (nSPS) is 19.0. The van der Waals surface area contributed by atoms with Crippen molar-refractivity contribution in [3.8, 4) is 0 Å². The number of nitrogens with one attached hydrogen (secondary N) is 1. The molecule has 0 aromatic carbocycles. The Morgan fingerprint density at radius 2 is 2.25 bits per heavy atom. The van der Waals surface area contributed by atoms with E-state index in [0.29, 0.717) is 0 Å². The summed E-state index contributed by atoms with van der Waals surface area (Å²) < 4.78 is 5.28. The number of rotatable bonds is 2. The lowest BCUT2D eigenvalue weighted by Crippen LogP contribution is -2.40. The average molecular weight is 277 g/mol. The highest BCUT2D eigenvalue weighted by atomic mass is 16.6. The highest BCUT2D eigenvalue weighted by Crippen LogP contribution is 2.21. The molecule has 0 spiro atoms. The van der Waals surface area contributed by atoms with Gasteiger partial charge in [0, 0.05) is 19.3 Å². The first-order valence-electron chi connectivity index (χ1n) is 7.01. The molecule has 2 heterocycles. The third kappa shape index (κ3) is 3.85. The van der Waals surface area contributed by atoms with E-state index in [0.717, 1.165) is 30.9 Å². The molecule has 0 radical (unpaired) electrons. The smallest absolute Gasteiger partial charge is 0.407 e. The van der Waals surface area contributed by atoms with Gasteiger partial charge in [-0.05, 0) is 45.7 Å². The van der Waals surface area contributed by atoms with Crippen molar-refractivity contribution >= 4 is 11.9 Å². The lowest BCUT2D eigenvalue weighted by molar-refractivity contribution is 0.0509. The van der Waals surface area contributed by atoms with Crippen LogP contribution in [-0.2, 0) is 4.74 Å². The van der Waals surface area contributed by atoms with Crippen LogP contribution in [0.1, 0.15) is 32.8 Å². The summed E-state index contributed by atoms with van der Waals surface area (Å²) in [5.41, 5.74) is 0.699. The van der Waals surface area contributed by atoms with Crippen molar-refractivity contribution in [2.24, 2.45) is 0 Å². The first-order chi connectivity index (χ1) is 9.35. The molecule has 1 N–H and O–H groups in total. The van der Waals surface area contributed by atoms with Gasteiger partial charge in [-0.25, -0.2) is 9.78 Å². The standard InChI is InChI=1S/C15H23N3O2/c1-11-6-5-8-16-13(11)18-9-7-12(10-18)17-14(19)20-15(2,3)4/h5-6,8,12H,7,9-10H2,1-4H3,(H,17,19)/t12-/m1/s1. The van der Waals surface area contributed by atoms with Crippen molar-refractivity contribution in [2.45, 2.75) is 45.8 Å². The highest BCUT2D eigenvalue weighted by molar-refractivity contribution is 5.68. The minimum atomic E-state index is -0.458. The molecule has 1 aliphatic rings. The maximum absolute atomic E-state index is 11.8. The minimum absolute atomic E-state index is 0.117. The molecule has 0 unspecified atom stereocenters. The second-order valence-corrected chi connectivity index (χ2v) is 6.22. The van der Waals surface area contributed by atoms with Gasteiger partial charge in [0.15, 0.2) is 0 Å². The largest absolute Gasteiger partial charge is 0.444 e. The average Bonchev–Trinajstić information content (AvgIpc) is 2.75. The van der Waals surface area contributed by atoms with Gasteiger partial charge in [-0.2, -0.15) is 0 Å². The van der Waals surface area contributed by atoms with Crippen LogP contribution in [0.5, 0.6) is 0 Å². The molecule has 20 heavy (non-hydrogen) atoms. The zero-order chi connectivity index (χ0) is 14.8. The first kappa shape index (κ1) is 14.6. The van der Waals surface area contributed by atoms with E-state index in [-0.39, 0.29) is 12.1 Å². The number of ether oxygens (including phenoxy) is 1. The molecule has 0 bridgehead atoms. The van der Waals surface area contributed by atoms with Gasteiger partial charge in [-0.3, -0.25) is 0 Å². The van der Waals surface area contributed by atoms with Crippen molar-refractivity contribution in [1.82, 2.24) is 10.3 Å². The molecule has 110 valence electrons. The lowest BCUT2D eigenvalue weighted by atomic mass is 10.2. The summed E-state index contributed by atoms with van der Waals surface area (Å²) in [5, 5.41) is 2.92. The predicted octanol–water partition coefficient (Wildman–Crippen LogP) is 2.49. The van der Waals surface area contributed by atoms with E-state index in [4.69, 9.17) is 4.74 Å². The Labute approximate surface area is 120 Å². The molecule has 1 saturated heterocycles. The number of aromatic nitrogens is 1. The Balaban J connectivity index is 1.90. The molecule has 1 amide bonds. The van der Waals surface area contributed by atoms with Crippen LogP contribution in [0.2, 0.25) is 0 Å². The van der Waals surface area contributed by atoms with Crippen LogP contribution < -0.4 is 10.2 Å². The SMILES string of the molecule is Cc1cccnc1N1CC[C@@H](NC(=O)OC(C)(C)C)C1. The summed E-state index contributed by atoms with van der Waals surface area (Å²) in [5.74, 6) is 1.00. The second kappa shape index (κ2) is 5.69. The number of hydrogen-bond acceptors (Lipinski definition) is 4. The third-order valence-corrected chi connectivity index (χ3v) is 3.19. The van der Waals surface area contributed by atoms with Crippen LogP contribution in [0.15, 0.2) is 18.3 Å². The van der Waals surface area contributed by atoms with Crippen LogP contribution in [-0.4, -0.2) is 35.8 Å². The van der Waals surface area contributed by atoms with Crippen molar-refractivity contribution < 1.29 is 9.53 Å². The Morgan fingerprint density at radius 3 is 2.90 bits per heavy atom. The van der Waals surface area contributed by atoms with Gasteiger partial charge < -0.3 is 15.0 Å². The first-order valence-corrected chi connectivity index (χ1v) is 7.01. The van der Waals surface area contributed by atoms with E-state index in [9.17, 15) is 4.79 Å². The van der Waals surface area contributed by atoms with Crippen LogP contribution in [0.4, 0.5) is 10.6 Å². The molecule has 1 aliphatic heterocycles. The summed E-state index contributed by atoms with van der Waals surface area (Å²) >= 11 is 0. The summed E-state index contributed by atoms with van der Waals surface area (Å²) in [6.07, 6.45) is 2.37. The molecule has 5 nitrogen and oxygen atoms in total. The van der Waals surface area contributed by atoms with Gasteiger partial charge in [0.25, 0.3) is 0 Å².